The van der Waals surface area contributed by atoms with Crippen molar-refractivity contribution in [2.45, 2.75) is 63.6 Å². The van der Waals surface area contributed by atoms with Crippen LogP contribution >= 0.6 is 0 Å². The molecular weight excluding hydrogens is 426 g/mol. The molecule has 33 heavy (non-hydrogen) atoms. The van der Waals surface area contributed by atoms with Gasteiger partial charge in [-0.2, -0.15) is 0 Å². The molecule has 1 aromatic rings. The summed E-state index contributed by atoms with van der Waals surface area (Å²) in [5.74, 6) is -1.65. The fourth-order valence-electron chi connectivity index (χ4n) is 4.35. The number of nitrogens with zero attached hydrogens (tertiary/aromatic N) is 1. The van der Waals surface area contributed by atoms with Crippen molar-refractivity contribution < 1.29 is 28.7 Å². The van der Waals surface area contributed by atoms with Gasteiger partial charge in [0, 0.05) is 24.9 Å². The highest BCUT2D eigenvalue weighted by molar-refractivity contribution is 5.91. The lowest BCUT2D eigenvalue weighted by molar-refractivity contribution is -0.146. The lowest BCUT2D eigenvalue weighted by Crippen LogP contribution is -2.52. The number of benzene rings is 1. The molecule has 2 aliphatic heterocycles. The minimum atomic E-state index is -0.979. The summed E-state index contributed by atoms with van der Waals surface area (Å²) in [4.78, 5) is 52.0. The lowest BCUT2D eigenvalue weighted by atomic mass is 9.95. The number of hydrogen-bond donors (Lipinski definition) is 2. The Bertz CT molecular complexity index is 882. The number of carbonyl (C=O) groups is 4. The van der Waals surface area contributed by atoms with E-state index in [1.54, 1.807) is 20.8 Å². The Kier molecular flexibility index (Phi) is 7.61. The highest BCUT2D eigenvalue weighted by Crippen LogP contribution is 2.33. The molecule has 2 saturated heterocycles. The third-order valence-electron chi connectivity index (χ3n) is 5.99. The maximum Gasteiger partial charge on any atom is 0.410 e. The molecule has 9 nitrogen and oxygen atoms in total. The molecule has 3 amide bonds. The number of ether oxygens (including phenoxy) is 2. The first kappa shape index (κ1) is 24.5. The van der Waals surface area contributed by atoms with Gasteiger partial charge in [0.15, 0.2) is 0 Å². The maximum atomic E-state index is 13.3. The minimum absolute atomic E-state index is 0.0494. The molecule has 180 valence electrons. The van der Waals surface area contributed by atoms with E-state index >= 15 is 0 Å². The first-order valence-corrected chi connectivity index (χ1v) is 11.3. The Morgan fingerprint density at radius 3 is 2.48 bits per heavy atom. The minimum Gasteiger partial charge on any atom is -0.467 e. The first-order valence-electron chi connectivity index (χ1n) is 11.3. The van der Waals surface area contributed by atoms with Gasteiger partial charge < -0.3 is 20.1 Å². The van der Waals surface area contributed by atoms with Gasteiger partial charge in [-0.3, -0.25) is 14.5 Å². The molecule has 3 rings (SSSR count). The Labute approximate surface area is 194 Å². The van der Waals surface area contributed by atoms with Crippen molar-refractivity contribution in [3.8, 4) is 0 Å². The van der Waals surface area contributed by atoms with Crippen LogP contribution in [0, 0.1) is 5.92 Å². The van der Waals surface area contributed by atoms with E-state index in [1.165, 1.54) is 12.0 Å². The third-order valence-corrected chi connectivity index (χ3v) is 5.99. The number of esters is 1. The highest BCUT2D eigenvalue weighted by Gasteiger charge is 2.43. The van der Waals surface area contributed by atoms with Crippen LogP contribution in [0.4, 0.5) is 4.79 Å². The predicted molar refractivity (Wildman–Crippen MR) is 120 cm³/mol. The van der Waals surface area contributed by atoms with Crippen molar-refractivity contribution in [2.75, 3.05) is 20.2 Å². The van der Waals surface area contributed by atoms with Crippen LogP contribution in [0.25, 0.3) is 0 Å². The maximum absolute atomic E-state index is 13.3. The summed E-state index contributed by atoms with van der Waals surface area (Å²) in [6.45, 7) is 6.17. The zero-order valence-electron chi connectivity index (χ0n) is 19.6. The average Bonchev–Trinajstić information content (AvgIpc) is 3.39. The van der Waals surface area contributed by atoms with Crippen LogP contribution in [-0.2, 0) is 23.9 Å². The Balaban J connectivity index is 1.78. The normalized spacial score (nSPS) is 23.6. The van der Waals surface area contributed by atoms with Crippen LogP contribution in [0.2, 0.25) is 0 Å². The summed E-state index contributed by atoms with van der Waals surface area (Å²) in [5, 5.41) is 5.47. The van der Waals surface area contributed by atoms with Crippen LogP contribution < -0.4 is 10.6 Å². The number of amides is 3. The fraction of sp³-hybridized carbons (Fsp3) is 0.583. The highest BCUT2D eigenvalue weighted by atomic mass is 16.6. The summed E-state index contributed by atoms with van der Waals surface area (Å²) in [6.07, 6.45) is 0.551. The van der Waals surface area contributed by atoms with Gasteiger partial charge >= 0.3 is 12.1 Å². The van der Waals surface area contributed by atoms with E-state index in [4.69, 9.17) is 9.47 Å². The summed E-state index contributed by atoms with van der Waals surface area (Å²) in [7, 11) is 1.24. The second kappa shape index (κ2) is 10.2. The summed E-state index contributed by atoms with van der Waals surface area (Å²) >= 11 is 0. The monoisotopic (exact) mass is 459 g/mol. The molecule has 9 heteroatoms. The summed E-state index contributed by atoms with van der Waals surface area (Å²) in [6, 6.07) is 7.89. The van der Waals surface area contributed by atoms with Crippen molar-refractivity contribution in [3.05, 3.63) is 35.9 Å². The van der Waals surface area contributed by atoms with Gasteiger partial charge in [0.05, 0.1) is 7.11 Å². The van der Waals surface area contributed by atoms with Crippen LogP contribution in [0.15, 0.2) is 30.3 Å². The number of likely N-dealkylation sites (tertiary alicyclic amines) is 1. The molecular formula is C24H33N3O6. The van der Waals surface area contributed by atoms with Crippen LogP contribution in [0.1, 0.15) is 51.5 Å². The zero-order valence-corrected chi connectivity index (χ0v) is 19.6. The molecule has 0 radical (unpaired) electrons. The molecule has 2 unspecified atom stereocenters. The van der Waals surface area contributed by atoms with Crippen molar-refractivity contribution >= 4 is 23.9 Å². The standard InChI is InChI=1S/C24H33N3O6/c1-24(2,3)33-23(31)27-14-17(15-8-6-5-7-9-15)13-19(27)21(29)26-18(22(30)32-4)12-16-10-11-25-20(16)28/h5-9,16-19H,10-14H2,1-4H3,(H,25,28)(H,26,29)/t16-,17?,18-,19?/m0/s1. The van der Waals surface area contributed by atoms with E-state index < -0.39 is 35.7 Å². The van der Waals surface area contributed by atoms with Gasteiger partial charge in [-0.1, -0.05) is 30.3 Å². The van der Waals surface area contributed by atoms with Gasteiger partial charge in [0.1, 0.15) is 17.7 Å². The van der Waals surface area contributed by atoms with Gasteiger partial charge in [0.25, 0.3) is 0 Å². The molecule has 1 aromatic carbocycles. The van der Waals surface area contributed by atoms with E-state index in [9.17, 15) is 19.2 Å². The largest absolute Gasteiger partial charge is 0.467 e. The van der Waals surface area contributed by atoms with Crippen LogP contribution in [0.3, 0.4) is 0 Å². The number of nitrogens with one attached hydrogen (secondary N) is 2. The molecule has 2 N–H and O–H groups in total. The Morgan fingerprint density at radius 2 is 1.91 bits per heavy atom. The summed E-state index contributed by atoms with van der Waals surface area (Å²) < 4.78 is 10.4. The zero-order chi connectivity index (χ0) is 24.2. The van der Waals surface area contributed by atoms with Crippen molar-refractivity contribution in [3.63, 3.8) is 0 Å². The van der Waals surface area contributed by atoms with E-state index in [0.717, 1.165) is 5.56 Å². The molecule has 0 bridgehead atoms. The second-order valence-corrected chi connectivity index (χ2v) is 9.59. The summed E-state index contributed by atoms with van der Waals surface area (Å²) in [5.41, 5.74) is 0.307. The third kappa shape index (κ3) is 6.24. The van der Waals surface area contributed by atoms with Gasteiger partial charge in [-0.25, -0.2) is 9.59 Å². The predicted octanol–water partition coefficient (Wildman–Crippen LogP) is 1.96. The smallest absolute Gasteiger partial charge is 0.410 e. The topological polar surface area (TPSA) is 114 Å². The average molecular weight is 460 g/mol. The van der Waals surface area contributed by atoms with Crippen molar-refractivity contribution in [2.24, 2.45) is 5.92 Å². The van der Waals surface area contributed by atoms with E-state index in [2.05, 4.69) is 10.6 Å². The number of rotatable bonds is 6. The van der Waals surface area contributed by atoms with Crippen molar-refractivity contribution in [1.29, 1.82) is 0 Å². The quantitative estimate of drug-likeness (QED) is 0.629. The van der Waals surface area contributed by atoms with Gasteiger partial charge in [-0.05, 0) is 45.6 Å². The lowest BCUT2D eigenvalue weighted by Gasteiger charge is -2.29. The molecule has 4 atom stereocenters. The van der Waals surface area contributed by atoms with Crippen LogP contribution in [0.5, 0.6) is 0 Å². The van der Waals surface area contributed by atoms with Gasteiger partial charge in [0.2, 0.25) is 11.8 Å². The number of hydrogen-bond acceptors (Lipinski definition) is 6. The molecule has 2 aliphatic rings. The molecule has 2 fully saturated rings. The molecule has 0 aliphatic carbocycles. The van der Waals surface area contributed by atoms with Gasteiger partial charge in [-0.15, -0.1) is 0 Å². The Morgan fingerprint density at radius 1 is 1.21 bits per heavy atom. The van der Waals surface area contributed by atoms with Crippen LogP contribution in [-0.4, -0.2) is 66.7 Å². The molecule has 2 heterocycles. The second-order valence-electron chi connectivity index (χ2n) is 9.59. The molecule has 0 saturated carbocycles. The van der Waals surface area contributed by atoms with E-state index in [-0.39, 0.29) is 24.2 Å². The SMILES string of the molecule is COC(=O)[C@H](C[C@@H]1CCNC1=O)NC(=O)C1CC(c2ccccc2)CN1C(=O)OC(C)(C)C. The molecule has 0 aromatic heterocycles. The van der Waals surface area contributed by atoms with E-state index in [0.29, 0.717) is 25.9 Å². The Hall–Kier alpha value is -3.10. The van der Waals surface area contributed by atoms with E-state index in [1.807, 2.05) is 30.3 Å². The molecule has 0 spiro atoms. The number of methoxy groups -OCH3 is 1. The fourth-order valence-corrected chi connectivity index (χ4v) is 4.35. The van der Waals surface area contributed by atoms with Crippen molar-refractivity contribution in [1.82, 2.24) is 15.5 Å². The first-order chi connectivity index (χ1) is 15.6. The number of carbonyl (C=O) groups excluding carboxylic acids is 4.